The van der Waals surface area contributed by atoms with Crippen LogP contribution in [0.1, 0.15) is 38.4 Å². The Kier molecular flexibility index (Phi) is 4.27. The molecule has 19 heavy (non-hydrogen) atoms. The molecule has 1 aliphatic rings. The van der Waals surface area contributed by atoms with Gasteiger partial charge in [0.25, 0.3) is 0 Å². The van der Waals surface area contributed by atoms with Crippen LogP contribution in [0.2, 0.25) is 0 Å². The third kappa shape index (κ3) is 3.16. The predicted octanol–water partition coefficient (Wildman–Crippen LogP) is 2.42. The van der Waals surface area contributed by atoms with Crippen molar-refractivity contribution in [3.05, 3.63) is 35.9 Å². The van der Waals surface area contributed by atoms with Gasteiger partial charge in [-0.25, -0.2) is 4.99 Å². The molecule has 4 nitrogen and oxygen atoms in total. The van der Waals surface area contributed by atoms with Crippen LogP contribution in [0.25, 0.3) is 0 Å². The highest BCUT2D eigenvalue weighted by Crippen LogP contribution is 2.36. The molecule has 1 aromatic rings. The number of hydrogen-bond donors (Lipinski definition) is 2. The van der Waals surface area contributed by atoms with Crippen molar-refractivity contribution in [2.24, 2.45) is 10.7 Å². The maximum Gasteiger partial charge on any atom is 0.242 e. The van der Waals surface area contributed by atoms with Gasteiger partial charge < -0.3 is 11.1 Å². The molecule has 1 amide bonds. The van der Waals surface area contributed by atoms with Crippen molar-refractivity contribution in [1.29, 1.82) is 0 Å². The average molecular weight is 277 g/mol. The number of carbonyl (C=O) groups is 1. The van der Waals surface area contributed by atoms with Crippen molar-refractivity contribution in [2.45, 2.75) is 37.6 Å². The highest BCUT2D eigenvalue weighted by Gasteiger charge is 2.41. The molecule has 3 N–H and O–H groups in total. The Morgan fingerprint density at radius 3 is 2.74 bits per heavy atom. The lowest BCUT2D eigenvalue weighted by Gasteiger charge is -2.16. The number of carbonyl (C=O) groups excluding carboxylic acids is 1. The molecule has 1 saturated heterocycles. The number of benzene rings is 1. The Morgan fingerprint density at radius 2 is 2.11 bits per heavy atom. The number of hydrogen-bond acceptors (Lipinski definition) is 4. The minimum Gasteiger partial charge on any atom is -0.306 e. The van der Waals surface area contributed by atoms with Crippen LogP contribution in [0.5, 0.6) is 0 Å². The van der Waals surface area contributed by atoms with Gasteiger partial charge in [-0.1, -0.05) is 55.4 Å². The van der Waals surface area contributed by atoms with Gasteiger partial charge in [-0.15, -0.1) is 0 Å². The minimum atomic E-state index is -0.437. The number of thioether (sulfide) groups is 1. The molecule has 102 valence electrons. The van der Waals surface area contributed by atoms with Gasteiger partial charge in [0.15, 0.2) is 5.17 Å². The SMILES string of the molecule is CCCC1(C)SC(=NC(N)c2ccccc2)NC1=O. The summed E-state index contributed by atoms with van der Waals surface area (Å²) in [5.41, 5.74) is 6.97. The minimum absolute atomic E-state index is 0.0263. The lowest BCUT2D eigenvalue weighted by Crippen LogP contribution is -2.33. The molecular formula is C14H19N3OS. The second kappa shape index (κ2) is 5.75. The number of nitrogens with one attached hydrogen (secondary N) is 1. The van der Waals surface area contributed by atoms with Gasteiger partial charge in [0.1, 0.15) is 6.17 Å². The van der Waals surface area contributed by atoms with Crippen molar-refractivity contribution in [3.8, 4) is 0 Å². The van der Waals surface area contributed by atoms with Gasteiger partial charge in [-0.3, -0.25) is 4.79 Å². The second-order valence-electron chi connectivity index (χ2n) is 4.83. The Morgan fingerprint density at radius 1 is 1.42 bits per heavy atom. The summed E-state index contributed by atoms with van der Waals surface area (Å²) in [4.78, 5) is 16.4. The Balaban J connectivity index is 2.12. The number of amidine groups is 1. The van der Waals surface area contributed by atoms with Gasteiger partial charge in [0.2, 0.25) is 5.91 Å². The molecular weight excluding hydrogens is 258 g/mol. The first kappa shape index (κ1) is 14.1. The van der Waals surface area contributed by atoms with Crippen LogP contribution < -0.4 is 11.1 Å². The van der Waals surface area contributed by atoms with E-state index < -0.39 is 10.9 Å². The van der Waals surface area contributed by atoms with Crippen LogP contribution in [0.4, 0.5) is 0 Å². The topological polar surface area (TPSA) is 67.5 Å². The first-order valence-electron chi connectivity index (χ1n) is 6.44. The Bertz CT molecular complexity index is 489. The molecule has 0 radical (unpaired) electrons. The van der Waals surface area contributed by atoms with E-state index in [1.165, 1.54) is 11.8 Å². The molecule has 1 aromatic carbocycles. The summed E-state index contributed by atoms with van der Waals surface area (Å²) < 4.78 is -0.413. The van der Waals surface area contributed by atoms with E-state index in [2.05, 4.69) is 17.2 Å². The van der Waals surface area contributed by atoms with E-state index in [1.807, 2.05) is 37.3 Å². The molecule has 2 unspecified atom stereocenters. The smallest absolute Gasteiger partial charge is 0.242 e. The fourth-order valence-electron chi connectivity index (χ4n) is 2.07. The zero-order valence-electron chi connectivity index (χ0n) is 11.2. The monoisotopic (exact) mass is 277 g/mol. The van der Waals surface area contributed by atoms with Crippen LogP contribution in [-0.2, 0) is 4.79 Å². The summed E-state index contributed by atoms with van der Waals surface area (Å²) in [6.45, 7) is 4.02. The maximum atomic E-state index is 12.0. The summed E-state index contributed by atoms with van der Waals surface area (Å²) in [6.07, 6.45) is 1.37. The summed E-state index contributed by atoms with van der Waals surface area (Å²) in [5.74, 6) is 0.0263. The first-order chi connectivity index (χ1) is 9.05. The zero-order valence-corrected chi connectivity index (χ0v) is 12.0. The lowest BCUT2D eigenvalue weighted by atomic mass is 10.0. The van der Waals surface area contributed by atoms with Gasteiger partial charge >= 0.3 is 0 Å². The van der Waals surface area contributed by atoms with E-state index in [-0.39, 0.29) is 5.91 Å². The second-order valence-corrected chi connectivity index (χ2v) is 6.32. The van der Waals surface area contributed by atoms with Crippen LogP contribution in [0, 0.1) is 0 Å². The van der Waals surface area contributed by atoms with E-state index in [4.69, 9.17) is 5.73 Å². The van der Waals surface area contributed by atoms with Gasteiger partial charge in [0, 0.05) is 0 Å². The van der Waals surface area contributed by atoms with Crippen LogP contribution >= 0.6 is 11.8 Å². The molecule has 2 atom stereocenters. The van der Waals surface area contributed by atoms with Gasteiger partial charge in [-0.05, 0) is 18.9 Å². The molecule has 0 bridgehead atoms. The van der Waals surface area contributed by atoms with Gasteiger partial charge in [0.05, 0.1) is 4.75 Å². The zero-order chi connectivity index (χ0) is 13.9. The van der Waals surface area contributed by atoms with Crippen molar-refractivity contribution in [1.82, 2.24) is 5.32 Å². The van der Waals surface area contributed by atoms with Crippen LogP contribution in [0.15, 0.2) is 35.3 Å². The fourth-order valence-corrected chi connectivity index (χ4v) is 3.25. The molecule has 0 saturated carbocycles. The highest BCUT2D eigenvalue weighted by atomic mass is 32.2. The molecule has 1 aliphatic heterocycles. The summed E-state index contributed by atoms with van der Waals surface area (Å²) in [7, 11) is 0. The van der Waals surface area contributed by atoms with Gasteiger partial charge in [-0.2, -0.15) is 0 Å². The molecule has 1 heterocycles. The quantitative estimate of drug-likeness (QED) is 0.888. The summed E-state index contributed by atoms with van der Waals surface area (Å²) >= 11 is 1.48. The number of nitrogens with two attached hydrogens (primary N) is 1. The Labute approximate surface area is 117 Å². The van der Waals surface area contributed by atoms with Crippen molar-refractivity contribution in [3.63, 3.8) is 0 Å². The third-order valence-corrected chi connectivity index (χ3v) is 4.39. The van der Waals surface area contributed by atoms with E-state index in [0.717, 1.165) is 18.4 Å². The molecule has 2 rings (SSSR count). The Hall–Kier alpha value is -1.33. The molecule has 1 fully saturated rings. The van der Waals surface area contributed by atoms with E-state index >= 15 is 0 Å². The predicted molar refractivity (Wildman–Crippen MR) is 79.9 cm³/mol. The standard InChI is InChI=1S/C14H19N3OS/c1-3-9-14(2)12(18)17-13(19-14)16-11(15)10-7-5-4-6-8-10/h4-8,11H,3,9,15H2,1-2H3,(H,16,17,18). The van der Waals surface area contributed by atoms with Crippen molar-refractivity contribution in [2.75, 3.05) is 0 Å². The normalized spacial score (nSPS) is 26.5. The first-order valence-corrected chi connectivity index (χ1v) is 7.25. The van der Waals surface area contributed by atoms with Crippen molar-refractivity contribution >= 4 is 22.8 Å². The highest BCUT2D eigenvalue weighted by molar-refractivity contribution is 8.16. The van der Waals surface area contributed by atoms with Crippen LogP contribution in [-0.4, -0.2) is 15.8 Å². The van der Waals surface area contributed by atoms with Crippen LogP contribution in [0.3, 0.4) is 0 Å². The molecule has 0 aliphatic carbocycles. The number of rotatable bonds is 4. The summed E-state index contributed by atoms with van der Waals surface area (Å²) in [6, 6.07) is 9.66. The number of nitrogens with zero attached hydrogens (tertiary/aromatic N) is 1. The van der Waals surface area contributed by atoms with E-state index in [1.54, 1.807) is 0 Å². The third-order valence-electron chi connectivity index (χ3n) is 3.15. The molecule has 0 spiro atoms. The van der Waals surface area contributed by atoms with E-state index in [9.17, 15) is 4.79 Å². The number of amides is 1. The molecule has 0 aromatic heterocycles. The average Bonchev–Trinajstić information content (AvgIpc) is 2.66. The molecule has 5 heteroatoms. The lowest BCUT2D eigenvalue weighted by molar-refractivity contribution is -0.121. The van der Waals surface area contributed by atoms with E-state index in [0.29, 0.717) is 5.17 Å². The number of aliphatic imine (C=N–C) groups is 1. The maximum absolute atomic E-state index is 12.0. The largest absolute Gasteiger partial charge is 0.306 e. The summed E-state index contributed by atoms with van der Waals surface area (Å²) in [5, 5.41) is 3.45. The van der Waals surface area contributed by atoms with Crippen molar-refractivity contribution < 1.29 is 4.79 Å². The fraction of sp³-hybridized carbons (Fsp3) is 0.429.